The molecule has 1 aliphatic heterocycles. The molecule has 5 N–H and O–H groups in total. The number of carbonyl (C=O) groups excluding carboxylic acids is 1. The lowest BCUT2D eigenvalue weighted by Crippen LogP contribution is -2.40. The molecule has 0 bridgehead atoms. The molecule has 1 saturated heterocycles. The van der Waals surface area contributed by atoms with Gasteiger partial charge in [0, 0.05) is 0 Å². The van der Waals surface area contributed by atoms with Crippen LogP contribution in [0.3, 0.4) is 0 Å². The maximum absolute atomic E-state index is 13.4. The van der Waals surface area contributed by atoms with Crippen LogP contribution in [0, 0.1) is 11.7 Å². The third kappa shape index (κ3) is 3.95. The highest BCUT2D eigenvalue weighted by atomic mass is 19.1. The van der Waals surface area contributed by atoms with Gasteiger partial charge >= 0.3 is 11.7 Å². The predicted octanol–water partition coefficient (Wildman–Crippen LogP) is -2.18. The molecule has 0 aromatic carbocycles. The molecule has 0 aliphatic carbocycles. The number of ether oxygens (including phenoxy) is 2. The summed E-state index contributed by atoms with van der Waals surface area (Å²) >= 11 is 0. The number of halogens is 1. The number of H-pyrrole nitrogens is 1. The van der Waals surface area contributed by atoms with E-state index in [9.17, 15) is 29.0 Å². The van der Waals surface area contributed by atoms with Crippen LogP contribution in [0.2, 0.25) is 0 Å². The van der Waals surface area contributed by atoms with Gasteiger partial charge in [0.05, 0.1) is 6.20 Å². The van der Waals surface area contributed by atoms with Crippen LogP contribution >= 0.6 is 0 Å². The zero-order chi connectivity index (χ0) is 18.9. The van der Waals surface area contributed by atoms with Crippen LogP contribution in [0.1, 0.15) is 20.1 Å². The standard InChI is InChI=1S/C14H20FN3O7/c1-5(2)8(16)13(22)24-4-7-9(19)10(20)12(25-7)18-3-6(15)11(21)17-14(18)23/h3,5,7-10,12,19-20H,4,16H2,1-2H3,(H,17,21,23)/t7-,8-,9?,10?,12-/m0/s1. The number of aromatic amines is 1. The number of nitrogens with zero attached hydrogens (tertiary/aromatic N) is 1. The normalized spacial score (nSPS) is 27.5. The van der Waals surface area contributed by atoms with Crippen molar-refractivity contribution in [1.29, 1.82) is 0 Å². The highest BCUT2D eigenvalue weighted by molar-refractivity contribution is 5.75. The Hall–Kier alpha value is -2.08. The highest BCUT2D eigenvalue weighted by Gasteiger charge is 2.45. The zero-order valence-electron chi connectivity index (χ0n) is 13.6. The summed E-state index contributed by atoms with van der Waals surface area (Å²) < 4.78 is 24.2. The second-order valence-electron chi connectivity index (χ2n) is 6.09. The molecule has 2 rings (SSSR count). The topological polar surface area (TPSA) is 157 Å². The number of hydrogen-bond donors (Lipinski definition) is 4. The molecule has 1 fully saturated rings. The minimum Gasteiger partial charge on any atom is -0.462 e. The Morgan fingerprint density at radius 2 is 2.08 bits per heavy atom. The summed E-state index contributed by atoms with van der Waals surface area (Å²) in [4.78, 5) is 36.2. The molecule has 140 valence electrons. The van der Waals surface area contributed by atoms with E-state index in [-0.39, 0.29) is 5.92 Å². The first-order chi connectivity index (χ1) is 11.6. The summed E-state index contributed by atoms with van der Waals surface area (Å²) in [6, 6.07) is -0.866. The van der Waals surface area contributed by atoms with Crippen molar-refractivity contribution >= 4 is 5.97 Å². The first-order valence-corrected chi connectivity index (χ1v) is 7.58. The van der Waals surface area contributed by atoms with Crippen LogP contribution in [0.25, 0.3) is 0 Å². The van der Waals surface area contributed by atoms with Gasteiger partial charge in [-0.15, -0.1) is 0 Å². The molecule has 25 heavy (non-hydrogen) atoms. The summed E-state index contributed by atoms with van der Waals surface area (Å²) in [7, 11) is 0. The summed E-state index contributed by atoms with van der Waals surface area (Å²) in [5, 5.41) is 20.0. The van der Waals surface area contributed by atoms with Gasteiger partial charge in [0.2, 0.25) is 5.82 Å². The minimum absolute atomic E-state index is 0.164. The maximum atomic E-state index is 13.4. The smallest absolute Gasteiger partial charge is 0.330 e. The average Bonchev–Trinajstić information content (AvgIpc) is 2.83. The van der Waals surface area contributed by atoms with E-state index in [0.717, 1.165) is 0 Å². The predicted molar refractivity (Wildman–Crippen MR) is 81.0 cm³/mol. The van der Waals surface area contributed by atoms with Gasteiger partial charge in [-0.1, -0.05) is 13.8 Å². The lowest BCUT2D eigenvalue weighted by molar-refractivity contribution is -0.152. The number of nitrogens with two attached hydrogens (primary N) is 1. The van der Waals surface area contributed by atoms with Crippen molar-refractivity contribution in [2.75, 3.05) is 6.61 Å². The lowest BCUT2D eigenvalue weighted by atomic mass is 10.1. The monoisotopic (exact) mass is 361 g/mol. The molecule has 0 saturated carbocycles. The molecule has 1 aromatic rings. The van der Waals surface area contributed by atoms with Gasteiger partial charge < -0.3 is 25.4 Å². The molecule has 10 nitrogen and oxygen atoms in total. The fourth-order valence-electron chi connectivity index (χ4n) is 2.28. The fourth-order valence-corrected chi connectivity index (χ4v) is 2.28. The van der Waals surface area contributed by atoms with Crippen molar-refractivity contribution in [2.24, 2.45) is 11.7 Å². The molecular formula is C14H20FN3O7. The molecule has 0 spiro atoms. The van der Waals surface area contributed by atoms with E-state index < -0.39 is 60.2 Å². The lowest BCUT2D eigenvalue weighted by Gasteiger charge is -2.18. The summed E-state index contributed by atoms with van der Waals surface area (Å²) in [6.45, 7) is 3.03. The Labute approximate surface area is 141 Å². The van der Waals surface area contributed by atoms with E-state index in [1.54, 1.807) is 18.8 Å². The Morgan fingerprint density at radius 1 is 1.44 bits per heavy atom. The number of aliphatic hydroxyl groups excluding tert-OH is 2. The SMILES string of the molecule is CC(C)[C@H](N)C(=O)OC[C@@H]1O[C@H](n2cc(F)c(=O)[nH]c2=O)C(O)C1O. The van der Waals surface area contributed by atoms with E-state index in [1.807, 2.05) is 0 Å². The molecule has 0 amide bonds. The first kappa shape index (κ1) is 19.2. The van der Waals surface area contributed by atoms with Crippen molar-refractivity contribution < 1.29 is 28.9 Å². The second kappa shape index (κ2) is 7.44. The number of carbonyl (C=O) groups is 1. The van der Waals surface area contributed by atoms with Crippen molar-refractivity contribution in [1.82, 2.24) is 9.55 Å². The Morgan fingerprint density at radius 3 is 2.68 bits per heavy atom. The quantitative estimate of drug-likeness (QED) is 0.431. The van der Waals surface area contributed by atoms with E-state index in [0.29, 0.717) is 10.8 Å². The van der Waals surface area contributed by atoms with Crippen molar-refractivity contribution in [3.05, 3.63) is 32.9 Å². The second-order valence-corrected chi connectivity index (χ2v) is 6.09. The van der Waals surface area contributed by atoms with Crippen LogP contribution in [0.4, 0.5) is 4.39 Å². The number of aliphatic hydroxyl groups is 2. The Kier molecular flexibility index (Phi) is 5.72. The van der Waals surface area contributed by atoms with E-state index in [4.69, 9.17) is 15.2 Å². The number of hydrogen-bond acceptors (Lipinski definition) is 8. The van der Waals surface area contributed by atoms with Gasteiger partial charge in [0.1, 0.15) is 31.0 Å². The largest absolute Gasteiger partial charge is 0.462 e. The van der Waals surface area contributed by atoms with Crippen LogP contribution in [-0.2, 0) is 14.3 Å². The van der Waals surface area contributed by atoms with Crippen LogP contribution in [0.5, 0.6) is 0 Å². The van der Waals surface area contributed by atoms with Crippen LogP contribution in [0.15, 0.2) is 15.8 Å². The zero-order valence-corrected chi connectivity index (χ0v) is 13.6. The van der Waals surface area contributed by atoms with Crippen LogP contribution < -0.4 is 17.0 Å². The summed E-state index contributed by atoms with van der Waals surface area (Å²) in [5.41, 5.74) is 3.38. The molecule has 11 heteroatoms. The molecule has 1 aromatic heterocycles. The summed E-state index contributed by atoms with van der Waals surface area (Å²) in [6.07, 6.45) is -5.17. The van der Waals surface area contributed by atoms with Crippen molar-refractivity contribution in [2.45, 2.75) is 44.4 Å². The highest BCUT2D eigenvalue weighted by Crippen LogP contribution is 2.28. The van der Waals surface area contributed by atoms with Crippen molar-refractivity contribution in [3.63, 3.8) is 0 Å². The van der Waals surface area contributed by atoms with Gasteiger partial charge in [-0.05, 0) is 5.92 Å². The van der Waals surface area contributed by atoms with E-state index >= 15 is 0 Å². The average molecular weight is 361 g/mol. The first-order valence-electron chi connectivity index (χ1n) is 7.58. The fraction of sp³-hybridized carbons (Fsp3) is 0.643. The van der Waals surface area contributed by atoms with Crippen LogP contribution in [-0.4, -0.2) is 56.7 Å². The van der Waals surface area contributed by atoms with E-state index in [1.165, 1.54) is 0 Å². The Bertz CT molecular complexity index is 747. The number of rotatable bonds is 5. The minimum atomic E-state index is -1.61. The summed E-state index contributed by atoms with van der Waals surface area (Å²) in [5.74, 6) is -2.14. The van der Waals surface area contributed by atoms with E-state index in [2.05, 4.69) is 0 Å². The Balaban J connectivity index is 2.11. The molecular weight excluding hydrogens is 341 g/mol. The van der Waals surface area contributed by atoms with Gasteiger partial charge in [-0.3, -0.25) is 19.1 Å². The molecule has 0 radical (unpaired) electrons. The van der Waals surface area contributed by atoms with Gasteiger partial charge in [0.25, 0.3) is 5.56 Å². The number of aromatic nitrogens is 2. The molecule has 5 atom stereocenters. The van der Waals surface area contributed by atoms with Gasteiger partial charge in [-0.2, -0.15) is 4.39 Å². The molecule has 1 aliphatic rings. The van der Waals surface area contributed by atoms with Gasteiger partial charge in [-0.25, -0.2) is 4.79 Å². The number of esters is 1. The molecule has 2 heterocycles. The van der Waals surface area contributed by atoms with Crippen molar-refractivity contribution in [3.8, 4) is 0 Å². The third-order valence-corrected chi connectivity index (χ3v) is 3.92. The maximum Gasteiger partial charge on any atom is 0.330 e. The third-order valence-electron chi connectivity index (χ3n) is 3.92. The molecule has 2 unspecified atom stereocenters. The number of nitrogens with one attached hydrogen (secondary N) is 1. The van der Waals surface area contributed by atoms with Gasteiger partial charge in [0.15, 0.2) is 6.23 Å².